The topological polar surface area (TPSA) is 186 Å². The van der Waals surface area contributed by atoms with Gasteiger partial charge in [0.25, 0.3) is 5.91 Å². The molecule has 1 aromatic carbocycles. The van der Waals surface area contributed by atoms with E-state index in [0.29, 0.717) is 42.7 Å². The number of pyridine rings is 1. The van der Waals surface area contributed by atoms with Crippen LogP contribution < -0.4 is 24.8 Å². The highest BCUT2D eigenvalue weighted by molar-refractivity contribution is 7.91. The van der Waals surface area contributed by atoms with Crippen LogP contribution in [0.5, 0.6) is 11.6 Å². The maximum absolute atomic E-state index is 15.0. The zero-order chi connectivity index (χ0) is 46.1. The highest BCUT2D eigenvalue weighted by Crippen LogP contribution is 2.45. The molecular formula is C49H66N6O9S. The lowest BCUT2D eigenvalue weighted by Crippen LogP contribution is -2.68. The Bertz CT molecular complexity index is 2370. The smallest absolute Gasteiger partial charge is 0.408 e. The van der Waals surface area contributed by atoms with Gasteiger partial charge in [-0.15, -0.1) is 6.58 Å². The quantitative estimate of drug-likeness (QED) is 0.257. The molecule has 1 aromatic heterocycles. The Labute approximate surface area is 382 Å². The monoisotopic (exact) mass is 914 g/mol. The summed E-state index contributed by atoms with van der Waals surface area (Å²) in [4.78, 5) is 66.5. The predicted octanol–water partition coefficient (Wildman–Crippen LogP) is 5.85. The molecule has 15 nitrogen and oxygen atoms in total. The van der Waals surface area contributed by atoms with Gasteiger partial charge in [-0.25, -0.2) is 18.2 Å². The Kier molecular flexibility index (Phi) is 12.0. The van der Waals surface area contributed by atoms with E-state index < -0.39 is 73.6 Å². The predicted molar refractivity (Wildman–Crippen MR) is 244 cm³/mol. The summed E-state index contributed by atoms with van der Waals surface area (Å²) in [6.07, 6.45) is 13.1. The van der Waals surface area contributed by atoms with E-state index in [1.807, 2.05) is 39.0 Å². The fraction of sp³-hybridized carbons (Fsp3) is 0.653. The highest BCUT2D eigenvalue weighted by atomic mass is 32.2. The van der Waals surface area contributed by atoms with E-state index in [2.05, 4.69) is 39.8 Å². The number of fused-ring (bicyclic) bond motifs is 7. The lowest BCUT2D eigenvalue weighted by molar-refractivity contribution is -0.143. The first-order chi connectivity index (χ1) is 30.9. The van der Waals surface area contributed by atoms with E-state index in [1.54, 1.807) is 13.0 Å². The molecule has 4 bridgehead atoms. The van der Waals surface area contributed by atoms with Crippen molar-refractivity contribution >= 4 is 44.7 Å². The molecule has 0 spiro atoms. The number of sulfonamides is 1. The largest absolute Gasteiger partial charge is 0.489 e. The summed E-state index contributed by atoms with van der Waals surface area (Å²) in [5.41, 5.74) is -1.02. The summed E-state index contributed by atoms with van der Waals surface area (Å²) in [6.45, 7) is 14.2. The van der Waals surface area contributed by atoms with Crippen molar-refractivity contribution in [1.29, 1.82) is 0 Å². The number of nitrogens with one attached hydrogen (secondary N) is 3. The number of hydrogen-bond donors (Lipinski definition) is 3. The van der Waals surface area contributed by atoms with Crippen molar-refractivity contribution in [2.45, 2.75) is 171 Å². The van der Waals surface area contributed by atoms with Gasteiger partial charge in [-0.05, 0) is 101 Å². The fourth-order valence-corrected chi connectivity index (χ4v) is 12.3. The van der Waals surface area contributed by atoms with Crippen LogP contribution in [0.4, 0.5) is 4.79 Å². The van der Waals surface area contributed by atoms with Gasteiger partial charge in [0.05, 0.1) is 22.4 Å². The summed E-state index contributed by atoms with van der Waals surface area (Å²) >= 11 is 0. The Morgan fingerprint density at radius 1 is 1.03 bits per heavy atom. The summed E-state index contributed by atoms with van der Waals surface area (Å²) in [7, 11) is -4.06. The van der Waals surface area contributed by atoms with Gasteiger partial charge in [-0.3, -0.25) is 24.0 Å². The van der Waals surface area contributed by atoms with Crippen LogP contribution >= 0.6 is 0 Å². The standard InChI is InChI=1S/C49H66N6O9S/c1-7-30-20-21-49(30,45(58)53-65(60,61)48(6)22-23-48)52-42(56)38-27-34-28-55(38)44(57)41(47(3,4)5)51-46(59)64-39-24-29(39)14-10-9-11-16-36-40(35-15-12-13-17-37(35)50-43(36)63-34)62-33-25-31-18-19-32(26-33)54(31)8-2/h7,12-13,15,17,20-21,29-34,38-39,41H,1,8-11,14,16,18-19,22-28H2,2-6H3,(H,51,59)(H,52,56)(H,53,58). The third kappa shape index (κ3) is 8.73. The average molecular weight is 915 g/mol. The molecule has 5 fully saturated rings. The molecular weight excluding hydrogens is 849 g/mol. The minimum absolute atomic E-state index is 0.0160. The van der Waals surface area contributed by atoms with Gasteiger partial charge in [0, 0.05) is 29.8 Å². The number of piperidine rings is 1. The number of hydrogen-bond acceptors (Lipinski definition) is 11. The van der Waals surface area contributed by atoms with E-state index in [-0.39, 0.29) is 31.1 Å². The van der Waals surface area contributed by atoms with E-state index in [0.717, 1.165) is 68.2 Å². The molecule has 4 aliphatic heterocycles. The molecule has 352 valence electrons. The number of carbonyl (C=O) groups excluding carboxylic acids is 4. The SMILES string of the molecule is C=CC1C=CC1(NC(=O)C1CC2CN1C(=O)C(C(C)(C)C)NC(=O)OC1CC1CCCCCc1c(nc3ccccc3c1OC1CC3CCC(C1)N3CC)O2)C(=O)NS(=O)(=O)C1(C)CC1. The number of para-hydroxylation sites is 1. The number of aromatic nitrogens is 1. The molecule has 5 heterocycles. The maximum atomic E-state index is 15.0. The molecule has 2 aromatic rings. The second-order valence-electron chi connectivity index (χ2n) is 21.0. The molecule has 4 amide bonds. The van der Waals surface area contributed by atoms with Crippen LogP contribution in [0.2, 0.25) is 0 Å². The van der Waals surface area contributed by atoms with E-state index in [9.17, 15) is 27.6 Å². The maximum Gasteiger partial charge on any atom is 0.408 e. The first-order valence-corrected chi connectivity index (χ1v) is 25.4. The summed E-state index contributed by atoms with van der Waals surface area (Å²) in [5, 5.41) is 6.63. The van der Waals surface area contributed by atoms with Crippen LogP contribution in [-0.4, -0.2) is 113 Å². The van der Waals surface area contributed by atoms with Gasteiger partial charge in [0.2, 0.25) is 27.7 Å². The van der Waals surface area contributed by atoms with Crippen molar-refractivity contribution in [3.63, 3.8) is 0 Å². The lowest BCUT2D eigenvalue weighted by atomic mass is 9.73. The van der Waals surface area contributed by atoms with Gasteiger partial charge < -0.3 is 29.7 Å². The number of benzene rings is 1. The normalized spacial score (nSPS) is 33.4. The van der Waals surface area contributed by atoms with E-state index >= 15 is 0 Å². The third-order valence-electron chi connectivity index (χ3n) is 15.4. The molecule has 9 atom stereocenters. The van der Waals surface area contributed by atoms with Crippen molar-refractivity contribution < 1.29 is 41.8 Å². The zero-order valence-corrected chi connectivity index (χ0v) is 39.3. The van der Waals surface area contributed by atoms with Gasteiger partial charge >= 0.3 is 6.09 Å². The van der Waals surface area contributed by atoms with E-state index in [1.165, 1.54) is 29.9 Å². The molecule has 3 saturated heterocycles. The number of amides is 4. The van der Waals surface area contributed by atoms with Crippen LogP contribution in [0.25, 0.3) is 10.9 Å². The zero-order valence-electron chi connectivity index (χ0n) is 38.5. The summed E-state index contributed by atoms with van der Waals surface area (Å²) in [6, 6.07) is 6.61. The Morgan fingerprint density at radius 3 is 2.43 bits per heavy atom. The van der Waals surface area contributed by atoms with Gasteiger partial charge in [-0.2, -0.15) is 0 Å². The van der Waals surface area contributed by atoms with Crippen LogP contribution in [0.3, 0.4) is 0 Å². The van der Waals surface area contributed by atoms with Crippen molar-refractivity contribution in [3.8, 4) is 11.6 Å². The summed E-state index contributed by atoms with van der Waals surface area (Å²) < 4.78 is 47.7. The minimum Gasteiger partial charge on any atom is -0.489 e. The molecule has 3 N–H and O–H groups in total. The highest BCUT2D eigenvalue weighted by Gasteiger charge is 2.56. The number of rotatable bonds is 9. The fourth-order valence-electron chi connectivity index (χ4n) is 11.0. The van der Waals surface area contributed by atoms with Gasteiger partial charge in [-0.1, -0.05) is 70.9 Å². The number of alkyl carbamates (subject to hydrolysis) is 1. The van der Waals surface area contributed by atoms with Crippen LogP contribution in [0, 0.1) is 17.3 Å². The average Bonchev–Trinajstić information content (AvgIpc) is 4.12. The molecule has 16 heteroatoms. The molecule has 65 heavy (non-hydrogen) atoms. The van der Waals surface area contributed by atoms with Gasteiger partial charge in [0.15, 0.2) is 0 Å². The van der Waals surface area contributed by atoms with Crippen molar-refractivity contribution in [2.75, 3.05) is 13.1 Å². The number of ether oxygens (including phenoxy) is 3. The molecule has 3 aliphatic carbocycles. The van der Waals surface area contributed by atoms with Gasteiger partial charge in [0.1, 0.15) is 41.7 Å². The first-order valence-electron chi connectivity index (χ1n) is 23.9. The molecule has 2 saturated carbocycles. The minimum atomic E-state index is -4.06. The van der Waals surface area contributed by atoms with Crippen LogP contribution in [0.1, 0.15) is 117 Å². The Balaban J connectivity index is 1.07. The second-order valence-corrected chi connectivity index (χ2v) is 23.2. The third-order valence-corrected chi connectivity index (χ3v) is 17.6. The molecule has 0 radical (unpaired) electrons. The van der Waals surface area contributed by atoms with Crippen LogP contribution in [0.15, 0.2) is 49.1 Å². The van der Waals surface area contributed by atoms with Crippen LogP contribution in [-0.2, 0) is 35.6 Å². The van der Waals surface area contributed by atoms with E-state index in [4.69, 9.17) is 19.2 Å². The Hall–Kier alpha value is -4.70. The van der Waals surface area contributed by atoms with Crippen molar-refractivity contribution in [1.82, 2.24) is 30.1 Å². The van der Waals surface area contributed by atoms with Crippen molar-refractivity contribution in [2.24, 2.45) is 17.3 Å². The molecule has 7 aliphatic rings. The second kappa shape index (κ2) is 17.2. The lowest BCUT2D eigenvalue weighted by Gasteiger charge is -2.42. The Morgan fingerprint density at radius 2 is 1.77 bits per heavy atom. The molecule has 9 unspecified atom stereocenters. The number of carbonyl (C=O) groups is 4. The van der Waals surface area contributed by atoms with Crippen molar-refractivity contribution in [3.05, 3.63) is 54.6 Å². The molecule has 9 rings (SSSR count). The summed E-state index contributed by atoms with van der Waals surface area (Å²) in [5.74, 6) is -1.43. The number of nitrogens with zero attached hydrogens (tertiary/aromatic N) is 3. The first kappa shape index (κ1) is 45.5.